The SMILES string of the molecule is ClCOC1CCCc2ccccc21. The molecule has 13 heavy (non-hydrogen) atoms. The first-order valence-corrected chi connectivity index (χ1v) is 5.20. The maximum absolute atomic E-state index is 5.58. The predicted octanol–water partition coefficient (Wildman–Crippen LogP) is 3.28. The van der Waals surface area contributed by atoms with Crippen molar-refractivity contribution >= 4 is 11.6 Å². The highest BCUT2D eigenvalue weighted by Gasteiger charge is 2.19. The van der Waals surface area contributed by atoms with Gasteiger partial charge in [-0.2, -0.15) is 0 Å². The largest absolute Gasteiger partial charge is 0.358 e. The summed E-state index contributed by atoms with van der Waals surface area (Å²) in [5.74, 6) is 0. The van der Waals surface area contributed by atoms with Crippen LogP contribution in [-0.2, 0) is 11.2 Å². The summed E-state index contributed by atoms with van der Waals surface area (Å²) in [7, 11) is 0. The van der Waals surface area contributed by atoms with Crippen LogP contribution in [0.15, 0.2) is 24.3 Å². The molecule has 1 aliphatic rings. The van der Waals surface area contributed by atoms with E-state index in [0.717, 1.165) is 6.42 Å². The number of fused-ring (bicyclic) bond motifs is 1. The fraction of sp³-hybridized carbons (Fsp3) is 0.455. The molecule has 0 heterocycles. The molecule has 1 atom stereocenters. The first-order chi connectivity index (χ1) is 6.42. The van der Waals surface area contributed by atoms with Crippen molar-refractivity contribution < 1.29 is 4.74 Å². The van der Waals surface area contributed by atoms with Crippen LogP contribution in [0, 0.1) is 0 Å². The maximum atomic E-state index is 5.58. The molecule has 0 amide bonds. The summed E-state index contributed by atoms with van der Waals surface area (Å²) < 4.78 is 5.47. The second kappa shape index (κ2) is 4.12. The molecule has 0 spiro atoms. The number of alkyl halides is 1. The highest BCUT2D eigenvalue weighted by atomic mass is 35.5. The molecule has 0 bridgehead atoms. The average molecular weight is 197 g/mol. The van der Waals surface area contributed by atoms with Crippen molar-refractivity contribution in [2.75, 3.05) is 6.07 Å². The molecule has 0 aliphatic heterocycles. The molecule has 1 aromatic carbocycles. The molecule has 0 radical (unpaired) electrons. The van der Waals surface area contributed by atoms with E-state index in [9.17, 15) is 0 Å². The van der Waals surface area contributed by atoms with E-state index in [0.29, 0.717) is 6.07 Å². The number of halogens is 1. The summed E-state index contributed by atoms with van der Waals surface area (Å²) in [5.41, 5.74) is 2.75. The molecule has 0 aromatic heterocycles. The third-order valence-corrected chi connectivity index (χ3v) is 2.70. The van der Waals surface area contributed by atoms with Crippen LogP contribution in [0.2, 0.25) is 0 Å². The van der Waals surface area contributed by atoms with Crippen molar-refractivity contribution in [3.8, 4) is 0 Å². The van der Waals surface area contributed by atoms with Crippen molar-refractivity contribution in [2.24, 2.45) is 0 Å². The quantitative estimate of drug-likeness (QED) is 0.660. The monoisotopic (exact) mass is 196 g/mol. The number of aryl methyl sites for hydroxylation is 1. The van der Waals surface area contributed by atoms with Crippen LogP contribution >= 0.6 is 11.6 Å². The van der Waals surface area contributed by atoms with Gasteiger partial charge in [-0.1, -0.05) is 35.9 Å². The van der Waals surface area contributed by atoms with Gasteiger partial charge in [-0.25, -0.2) is 0 Å². The summed E-state index contributed by atoms with van der Waals surface area (Å²) in [5, 5.41) is 0. The van der Waals surface area contributed by atoms with Crippen molar-refractivity contribution in [1.82, 2.24) is 0 Å². The van der Waals surface area contributed by atoms with Crippen molar-refractivity contribution in [3.63, 3.8) is 0 Å². The van der Waals surface area contributed by atoms with Gasteiger partial charge in [0.2, 0.25) is 0 Å². The number of benzene rings is 1. The lowest BCUT2D eigenvalue weighted by atomic mass is 9.89. The highest BCUT2D eigenvalue weighted by Crippen LogP contribution is 2.32. The summed E-state index contributed by atoms with van der Waals surface area (Å²) in [6.45, 7) is 0. The lowest BCUT2D eigenvalue weighted by molar-refractivity contribution is 0.0733. The van der Waals surface area contributed by atoms with E-state index in [2.05, 4.69) is 24.3 Å². The Morgan fingerprint density at radius 3 is 3.08 bits per heavy atom. The molecule has 1 unspecified atom stereocenters. The minimum Gasteiger partial charge on any atom is -0.358 e. The van der Waals surface area contributed by atoms with Crippen LogP contribution in [0.1, 0.15) is 30.1 Å². The van der Waals surface area contributed by atoms with Crippen LogP contribution in [0.4, 0.5) is 0 Å². The zero-order valence-electron chi connectivity index (χ0n) is 7.50. The Morgan fingerprint density at radius 1 is 1.38 bits per heavy atom. The summed E-state index contributed by atoms with van der Waals surface area (Å²) in [6, 6.07) is 8.76. The third kappa shape index (κ3) is 1.87. The van der Waals surface area contributed by atoms with Crippen molar-refractivity contribution in [1.29, 1.82) is 0 Å². The molecule has 70 valence electrons. The number of rotatable bonds is 2. The Labute approximate surface area is 83.7 Å². The Hall–Kier alpha value is -0.530. The number of hydrogen-bond acceptors (Lipinski definition) is 1. The standard InChI is InChI=1S/C11H13ClO/c12-8-13-11-7-3-5-9-4-1-2-6-10(9)11/h1-2,4,6,11H,3,5,7-8H2. The van der Waals surface area contributed by atoms with E-state index in [1.807, 2.05) is 0 Å². The van der Waals surface area contributed by atoms with E-state index >= 15 is 0 Å². The summed E-state index contributed by atoms with van der Waals surface area (Å²) >= 11 is 5.58. The Kier molecular flexibility index (Phi) is 2.87. The van der Waals surface area contributed by atoms with Gasteiger partial charge in [0.15, 0.2) is 0 Å². The van der Waals surface area contributed by atoms with Gasteiger partial charge in [0.1, 0.15) is 6.07 Å². The van der Waals surface area contributed by atoms with Crippen molar-refractivity contribution in [2.45, 2.75) is 25.4 Å². The van der Waals surface area contributed by atoms with Crippen molar-refractivity contribution in [3.05, 3.63) is 35.4 Å². The van der Waals surface area contributed by atoms with Crippen LogP contribution in [0.5, 0.6) is 0 Å². The highest BCUT2D eigenvalue weighted by molar-refractivity contribution is 6.17. The van der Waals surface area contributed by atoms with E-state index in [1.54, 1.807) is 0 Å². The minimum absolute atomic E-state index is 0.224. The van der Waals surface area contributed by atoms with E-state index in [-0.39, 0.29) is 6.10 Å². The normalized spacial score (nSPS) is 21.2. The molecule has 0 fully saturated rings. The molecule has 0 saturated heterocycles. The maximum Gasteiger partial charge on any atom is 0.121 e. The van der Waals surface area contributed by atoms with Gasteiger partial charge in [-0.15, -0.1) is 0 Å². The Balaban J connectivity index is 2.26. The van der Waals surface area contributed by atoms with Crippen LogP contribution < -0.4 is 0 Å². The summed E-state index contributed by atoms with van der Waals surface area (Å²) in [6.07, 6.45) is 3.71. The fourth-order valence-corrected chi connectivity index (χ4v) is 2.11. The summed E-state index contributed by atoms with van der Waals surface area (Å²) in [4.78, 5) is 0. The Bertz CT molecular complexity index is 285. The average Bonchev–Trinajstić information content (AvgIpc) is 2.19. The number of ether oxygens (including phenoxy) is 1. The molecule has 0 saturated carbocycles. The lowest BCUT2D eigenvalue weighted by Crippen LogP contribution is -2.11. The molecule has 2 rings (SSSR count). The zero-order valence-corrected chi connectivity index (χ0v) is 8.26. The molecule has 2 heteroatoms. The van der Waals surface area contributed by atoms with Crippen LogP contribution in [0.3, 0.4) is 0 Å². The van der Waals surface area contributed by atoms with E-state index in [1.165, 1.54) is 24.0 Å². The molecule has 1 aliphatic carbocycles. The van der Waals surface area contributed by atoms with Gasteiger partial charge in [0.05, 0.1) is 6.10 Å². The molecule has 1 aromatic rings. The van der Waals surface area contributed by atoms with E-state index < -0.39 is 0 Å². The third-order valence-electron chi connectivity index (χ3n) is 2.58. The smallest absolute Gasteiger partial charge is 0.121 e. The molecular weight excluding hydrogens is 184 g/mol. The zero-order chi connectivity index (χ0) is 9.10. The lowest BCUT2D eigenvalue weighted by Gasteiger charge is -2.24. The molecule has 1 nitrogen and oxygen atoms in total. The van der Waals surface area contributed by atoms with Gasteiger partial charge < -0.3 is 4.74 Å². The molecular formula is C11H13ClO. The first-order valence-electron chi connectivity index (χ1n) is 4.67. The second-order valence-electron chi connectivity index (χ2n) is 3.36. The van der Waals surface area contributed by atoms with Gasteiger partial charge >= 0.3 is 0 Å². The number of hydrogen-bond donors (Lipinski definition) is 0. The van der Waals surface area contributed by atoms with Gasteiger partial charge in [-0.05, 0) is 30.4 Å². The predicted molar refractivity (Wildman–Crippen MR) is 53.9 cm³/mol. The minimum atomic E-state index is 0.224. The Morgan fingerprint density at radius 2 is 2.23 bits per heavy atom. The van der Waals surface area contributed by atoms with Gasteiger partial charge in [-0.3, -0.25) is 0 Å². The van der Waals surface area contributed by atoms with E-state index in [4.69, 9.17) is 16.3 Å². The van der Waals surface area contributed by atoms with Crippen LogP contribution in [0.25, 0.3) is 0 Å². The topological polar surface area (TPSA) is 9.23 Å². The molecule has 0 N–H and O–H groups in total. The first kappa shape index (κ1) is 9.04. The van der Waals surface area contributed by atoms with Gasteiger partial charge in [0, 0.05) is 0 Å². The second-order valence-corrected chi connectivity index (χ2v) is 3.57. The fourth-order valence-electron chi connectivity index (χ4n) is 1.96. The van der Waals surface area contributed by atoms with Crippen LogP contribution in [-0.4, -0.2) is 6.07 Å². The van der Waals surface area contributed by atoms with Gasteiger partial charge in [0.25, 0.3) is 0 Å².